The molecule has 8 nitrogen and oxygen atoms in total. The Bertz CT molecular complexity index is 1500. The normalized spacial score (nSPS) is 15.9. The van der Waals surface area contributed by atoms with Gasteiger partial charge in [0.2, 0.25) is 11.7 Å². The minimum Gasteiger partial charge on any atom is -0.491 e. The number of ether oxygens (including phenoxy) is 1. The van der Waals surface area contributed by atoms with Crippen LogP contribution in [0.2, 0.25) is 0 Å². The van der Waals surface area contributed by atoms with E-state index in [2.05, 4.69) is 43.1 Å². The SMILES string of the molecule is Cc1nc2cc(OC[C@H](O)CN3CCN(Cc4nc(-c5cccc6ccccc56)no4)CC3)ccc2s1. The van der Waals surface area contributed by atoms with Crippen LogP contribution in [0.25, 0.3) is 32.4 Å². The number of hydrogen-bond acceptors (Lipinski definition) is 9. The maximum atomic E-state index is 10.5. The molecule has 5 aromatic rings. The lowest BCUT2D eigenvalue weighted by Gasteiger charge is -2.34. The zero-order valence-corrected chi connectivity index (χ0v) is 21.5. The number of rotatable bonds is 8. The molecule has 3 aromatic carbocycles. The predicted molar refractivity (Wildman–Crippen MR) is 145 cm³/mol. The lowest BCUT2D eigenvalue weighted by molar-refractivity contribution is 0.0426. The highest BCUT2D eigenvalue weighted by atomic mass is 32.1. The van der Waals surface area contributed by atoms with Crippen molar-refractivity contribution in [1.82, 2.24) is 24.9 Å². The topological polar surface area (TPSA) is 87.8 Å². The largest absolute Gasteiger partial charge is 0.491 e. The zero-order valence-electron chi connectivity index (χ0n) is 20.7. The van der Waals surface area contributed by atoms with Crippen molar-refractivity contribution in [3.63, 3.8) is 0 Å². The first-order chi connectivity index (χ1) is 18.1. The van der Waals surface area contributed by atoms with Crippen LogP contribution < -0.4 is 4.74 Å². The summed E-state index contributed by atoms with van der Waals surface area (Å²) < 4.78 is 12.6. The molecule has 1 N–H and O–H groups in total. The van der Waals surface area contributed by atoms with Crippen molar-refractivity contribution in [2.45, 2.75) is 19.6 Å². The molecule has 1 aliphatic rings. The molecular weight excluding hydrogens is 486 g/mol. The number of benzene rings is 3. The number of hydrogen-bond donors (Lipinski definition) is 1. The molecule has 9 heteroatoms. The summed E-state index contributed by atoms with van der Waals surface area (Å²) in [4.78, 5) is 13.8. The Morgan fingerprint density at radius 1 is 1.00 bits per heavy atom. The molecule has 1 fully saturated rings. The van der Waals surface area contributed by atoms with Gasteiger partial charge < -0.3 is 14.4 Å². The van der Waals surface area contributed by atoms with E-state index in [1.165, 1.54) is 0 Å². The standard InChI is InChI=1S/C28H29N5O3S/c1-19-29-25-15-22(9-10-26(25)37-19)35-18-21(34)16-32-11-13-33(14-12-32)17-27-30-28(31-36-27)24-8-4-6-20-5-2-3-7-23(20)24/h2-10,15,21,34H,11-14,16-18H2,1H3/t21-/m1/s1. The van der Waals surface area contributed by atoms with E-state index in [9.17, 15) is 5.11 Å². The second-order valence-corrected chi connectivity index (χ2v) is 10.7. The molecule has 0 radical (unpaired) electrons. The molecule has 1 saturated heterocycles. The second kappa shape index (κ2) is 10.5. The minimum absolute atomic E-state index is 0.258. The van der Waals surface area contributed by atoms with Crippen molar-refractivity contribution in [1.29, 1.82) is 0 Å². The van der Waals surface area contributed by atoms with Crippen molar-refractivity contribution in [3.05, 3.63) is 71.6 Å². The van der Waals surface area contributed by atoms with Crippen molar-refractivity contribution in [2.75, 3.05) is 39.3 Å². The molecule has 0 saturated carbocycles. The van der Waals surface area contributed by atoms with Crippen molar-refractivity contribution in [2.24, 2.45) is 0 Å². The fourth-order valence-electron chi connectivity index (χ4n) is 4.83. The van der Waals surface area contributed by atoms with Gasteiger partial charge in [0.05, 0.1) is 21.8 Å². The van der Waals surface area contributed by atoms with Crippen LogP contribution in [0, 0.1) is 6.92 Å². The van der Waals surface area contributed by atoms with E-state index in [4.69, 9.17) is 9.26 Å². The maximum absolute atomic E-state index is 10.5. The highest BCUT2D eigenvalue weighted by Gasteiger charge is 2.22. The fraction of sp³-hybridized carbons (Fsp3) is 0.321. The Morgan fingerprint density at radius 3 is 2.70 bits per heavy atom. The average Bonchev–Trinajstić information content (AvgIpc) is 3.53. The number of piperazine rings is 1. The molecule has 1 atom stereocenters. The molecule has 0 amide bonds. The average molecular weight is 516 g/mol. The lowest BCUT2D eigenvalue weighted by atomic mass is 10.0. The summed E-state index contributed by atoms with van der Waals surface area (Å²) in [6, 6.07) is 20.3. The van der Waals surface area contributed by atoms with E-state index in [1.54, 1.807) is 11.3 Å². The molecule has 37 heavy (non-hydrogen) atoms. The summed E-state index contributed by atoms with van der Waals surface area (Å²) in [7, 11) is 0. The summed E-state index contributed by atoms with van der Waals surface area (Å²) in [6.45, 7) is 6.94. The van der Waals surface area contributed by atoms with Crippen LogP contribution >= 0.6 is 11.3 Å². The van der Waals surface area contributed by atoms with Gasteiger partial charge >= 0.3 is 0 Å². The summed E-state index contributed by atoms with van der Waals surface area (Å²) in [5, 5.41) is 18.1. The van der Waals surface area contributed by atoms with Gasteiger partial charge in [-0.25, -0.2) is 4.98 Å². The Morgan fingerprint density at radius 2 is 1.81 bits per heavy atom. The molecule has 190 valence electrons. The number of aliphatic hydroxyl groups excluding tert-OH is 1. The summed E-state index contributed by atoms with van der Waals surface area (Å²) in [5.74, 6) is 1.99. The summed E-state index contributed by atoms with van der Waals surface area (Å²) in [5.41, 5.74) is 1.92. The predicted octanol–water partition coefficient (Wildman–Crippen LogP) is 4.37. The van der Waals surface area contributed by atoms with E-state index in [1.807, 2.05) is 49.4 Å². The van der Waals surface area contributed by atoms with Crippen LogP contribution in [0.4, 0.5) is 0 Å². The van der Waals surface area contributed by atoms with E-state index in [0.29, 0.717) is 24.8 Å². The second-order valence-electron chi connectivity index (χ2n) is 9.44. The Labute approximate surface area is 219 Å². The van der Waals surface area contributed by atoms with Gasteiger partial charge in [-0.2, -0.15) is 4.98 Å². The van der Waals surface area contributed by atoms with E-state index < -0.39 is 6.10 Å². The van der Waals surface area contributed by atoms with Crippen LogP contribution in [-0.4, -0.2) is 75.5 Å². The van der Waals surface area contributed by atoms with Gasteiger partial charge in [-0.15, -0.1) is 11.3 Å². The first-order valence-electron chi connectivity index (χ1n) is 12.5. The van der Waals surface area contributed by atoms with Gasteiger partial charge in [0, 0.05) is 44.4 Å². The third-order valence-electron chi connectivity index (χ3n) is 6.70. The Hall–Kier alpha value is -3.37. The van der Waals surface area contributed by atoms with E-state index >= 15 is 0 Å². The van der Waals surface area contributed by atoms with Crippen LogP contribution in [0.5, 0.6) is 5.75 Å². The van der Waals surface area contributed by atoms with Crippen LogP contribution in [0.15, 0.2) is 65.2 Å². The number of aliphatic hydroxyl groups is 1. The smallest absolute Gasteiger partial charge is 0.241 e. The van der Waals surface area contributed by atoms with E-state index in [-0.39, 0.29) is 6.61 Å². The van der Waals surface area contributed by atoms with Gasteiger partial charge in [-0.1, -0.05) is 47.6 Å². The van der Waals surface area contributed by atoms with Gasteiger partial charge in [0.25, 0.3) is 0 Å². The molecule has 2 aromatic heterocycles. The molecular formula is C28H29N5O3S. The lowest BCUT2D eigenvalue weighted by Crippen LogP contribution is -2.48. The van der Waals surface area contributed by atoms with Crippen LogP contribution in [0.3, 0.4) is 0 Å². The number of nitrogens with zero attached hydrogens (tertiary/aromatic N) is 5. The monoisotopic (exact) mass is 515 g/mol. The Balaban J connectivity index is 0.981. The van der Waals surface area contributed by atoms with E-state index in [0.717, 1.165) is 63.5 Å². The van der Waals surface area contributed by atoms with Crippen molar-refractivity contribution >= 4 is 32.3 Å². The van der Waals surface area contributed by atoms with Crippen LogP contribution in [-0.2, 0) is 6.54 Å². The summed E-state index contributed by atoms with van der Waals surface area (Å²) in [6.07, 6.45) is -0.557. The van der Waals surface area contributed by atoms with Crippen LogP contribution in [0.1, 0.15) is 10.9 Å². The first-order valence-corrected chi connectivity index (χ1v) is 13.4. The highest BCUT2D eigenvalue weighted by molar-refractivity contribution is 7.18. The summed E-state index contributed by atoms with van der Waals surface area (Å²) >= 11 is 1.67. The molecule has 0 unspecified atom stereocenters. The molecule has 0 spiro atoms. The van der Waals surface area contributed by atoms with Crippen molar-refractivity contribution < 1.29 is 14.4 Å². The minimum atomic E-state index is -0.557. The third kappa shape index (κ3) is 5.50. The number of fused-ring (bicyclic) bond motifs is 2. The molecule has 3 heterocycles. The van der Waals surface area contributed by atoms with Gasteiger partial charge in [-0.05, 0) is 29.8 Å². The first kappa shape index (κ1) is 24.0. The number of aromatic nitrogens is 3. The number of β-amino-alcohol motifs (C(OH)–C–C–N with tert-alkyl or cyclic N) is 1. The fourth-order valence-corrected chi connectivity index (χ4v) is 5.63. The number of thiazole rings is 1. The molecule has 0 bridgehead atoms. The zero-order chi connectivity index (χ0) is 25.2. The highest BCUT2D eigenvalue weighted by Crippen LogP contribution is 2.27. The third-order valence-corrected chi connectivity index (χ3v) is 7.65. The van der Waals surface area contributed by atoms with Gasteiger partial charge in [0.1, 0.15) is 18.5 Å². The number of aryl methyl sites for hydroxylation is 1. The van der Waals surface area contributed by atoms with Gasteiger partial charge in [0.15, 0.2) is 0 Å². The van der Waals surface area contributed by atoms with Gasteiger partial charge in [-0.3, -0.25) is 9.80 Å². The molecule has 6 rings (SSSR count). The molecule has 0 aliphatic carbocycles. The maximum Gasteiger partial charge on any atom is 0.241 e. The quantitative estimate of drug-likeness (QED) is 0.326. The van der Waals surface area contributed by atoms with Crippen molar-refractivity contribution in [3.8, 4) is 17.1 Å². The molecule has 1 aliphatic heterocycles. The Kier molecular flexibility index (Phi) is 6.84.